The summed E-state index contributed by atoms with van der Waals surface area (Å²) >= 11 is 0. The largest absolute Gasteiger partial charge is 0.365 e. The van der Waals surface area contributed by atoms with Crippen LogP contribution in [0.25, 0.3) is 10.9 Å². The summed E-state index contributed by atoms with van der Waals surface area (Å²) in [7, 11) is 0. The van der Waals surface area contributed by atoms with Crippen molar-refractivity contribution in [2.24, 2.45) is 0 Å². The van der Waals surface area contributed by atoms with Crippen LogP contribution in [0.3, 0.4) is 0 Å². The van der Waals surface area contributed by atoms with Gasteiger partial charge in [-0.2, -0.15) is 4.98 Å². The van der Waals surface area contributed by atoms with Gasteiger partial charge in [0.25, 0.3) is 5.91 Å². The lowest BCUT2D eigenvalue weighted by Crippen LogP contribution is -2.49. The highest BCUT2D eigenvalue weighted by Gasteiger charge is 2.20. The lowest BCUT2D eigenvalue weighted by molar-refractivity contribution is 0.102. The molecule has 0 bridgehead atoms. The standard InChI is InChI=1S/C29H31FN6O/c1-18-14-19(2)26-25(15-18)27(35-29(34-26)36-13-12-31-20(3)17-36)32-16-21-4-10-24(11-5-21)33-28(37)22-6-8-23(30)9-7-22/h4-11,14-15,20,31H,12-13,16-17H2,1-3H3,(H,33,37)(H,32,34,35)/t20-/m0/s1. The zero-order valence-electron chi connectivity index (χ0n) is 21.3. The van der Waals surface area contributed by atoms with Crippen molar-refractivity contribution < 1.29 is 9.18 Å². The molecule has 1 saturated heterocycles. The highest BCUT2D eigenvalue weighted by atomic mass is 19.1. The molecule has 1 fully saturated rings. The van der Waals surface area contributed by atoms with Crippen molar-refractivity contribution in [3.8, 4) is 0 Å². The van der Waals surface area contributed by atoms with Crippen molar-refractivity contribution in [1.82, 2.24) is 15.3 Å². The molecule has 1 atom stereocenters. The molecule has 7 nitrogen and oxygen atoms in total. The van der Waals surface area contributed by atoms with Gasteiger partial charge >= 0.3 is 0 Å². The molecule has 0 spiro atoms. The van der Waals surface area contributed by atoms with Gasteiger partial charge in [0, 0.05) is 48.9 Å². The molecule has 0 radical (unpaired) electrons. The maximum atomic E-state index is 13.1. The molecule has 1 amide bonds. The Morgan fingerprint density at radius 2 is 1.84 bits per heavy atom. The van der Waals surface area contributed by atoms with E-state index < -0.39 is 0 Å². The zero-order chi connectivity index (χ0) is 25.9. The SMILES string of the molecule is Cc1cc(C)c2nc(N3CCN[C@@H](C)C3)nc(NCc3ccc(NC(=O)c4ccc(F)cc4)cc3)c2c1. The van der Waals surface area contributed by atoms with Gasteiger partial charge in [0.1, 0.15) is 11.6 Å². The minimum atomic E-state index is -0.371. The van der Waals surface area contributed by atoms with Crippen LogP contribution in [-0.2, 0) is 6.54 Å². The highest BCUT2D eigenvalue weighted by molar-refractivity contribution is 6.04. The Kier molecular flexibility index (Phi) is 7.01. The monoisotopic (exact) mass is 498 g/mol. The van der Waals surface area contributed by atoms with Crippen LogP contribution in [0.5, 0.6) is 0 Å². The summed E-state index contributed by atoms with van der Waals surface area (Å²) in [6.45, 7) is 9.56. The minimum Gasteiger partial charge on any atom is -0.365 e. The molecule has 8 heteroatoms. The van der Waals surface area contributed by atoms with Crippen molar-refractivity contribution in [1.29, 1.82) is 0 Å². The maximum absolute atomic E-state index is 13.1. The van der Waals surface area contributed by atoms with Crippen LogP contribution in [0.1, 0.15) is 34.0 Å². The van der Waals surface area contributed by atoms with Gasteiger partial charge in [-0.05, 0) is 79.9 Å². The molecule has 2 heterocycles. The number of piperazine rings is 1. The van der Waals surface area contributed by atoms with Gasteiger partial charge in [0.2, 0.25) is 5.95 Å². The number of aromatic nitrogens is 2. The molecule has 1 aliphatic rings. The van der Waals surface area contributed by atoms with Crippen molar-refractivity contribution in [3.63, 3.8) is 0 Å². The first-order chi connectivity index (χ1) is 17.9. The van der Waals surface area contributed by atoms with E-state index in [0.29, 0.717) is 23.8 Å². The molecule has 190 valence electrons. The van der Waals surface area contributed by atoms with Crippen molar-refractivity contribution in [2.75, 3.05) is 35.2 Å². The maximum Gasteiger partial charge on any atom is 0.255 e. The van der Waals surface area contributed by atoms with E-state index in [1.54, 1.807) is 0 Å². The summed E-state index contributed by atoms with van der Waals surface area (Å²) in [5, 5.41) is 10.9. The number of carbonyl (C=O) groups excluding carboxylic acids is 1. The van der Waals surface area contributed by atoms with Crippen LogP contribution in [0.2, 0.25) is 0 Å². The van der Waals surface area contributed by atoms with Gasteiger partial charge in [0.05, 0.1) is 5.52 Å². The topological polar surface area (TPSA) is 82.2 Å². The fourth-order valence-corrected chi connectivity index (χ4v) is 4.66. The van der Waals surface area contributed by atoms with Gasteiger partial charge in [-0.1, -0.05) is 18.2 Å². The lowest BCUT2D eigenvalue weighted by Gasteiger charge is -2.32. The van der Waals surface area contributed by atoms with Gasteiger partial charge < -0.3 is 20.9 Å². The highest BCUT2D eigenvalue weighted by Crippen LogP contribution is 2.28. The van der Waals surface area contributed by atoms with E-state index in [1.165, 1.54) is 29.8 Å². The van der Waals surface area contributed by atoms with Crippen molar-refractivity contribution >= 4 is 34.3 Å². The Bertz CT molecular complexity index is 1420. The first-order valence-corrected chi connectivity index (χ1v) is 12.5. The van der Waals surface area contributed by atoms with Crippen molar-refractivity contribution in [3.05, 3.63) is 88.7 Å². The Hall–Kier alpha value is -4.04. The van der Waals surface area contributed by atoms with Crippen molar-refractivity contribution in [2.45, 2.75) is 33.4 Å². The molecule has 0 saturated carbocycles. The van der Waals surface area contributed by atoms with E-state index in [-0.39, 0.29) is 11.7 Å². The van der Waals surface area contributed by atoms with E-state index in [4.69, 9.17) is 9.97 Å². The second-order valence-corrected chi connectivity index (χ2v) is 9.66. The molecule has 1 aliphatic heterocycles. The fraction of sp³-hybridized carbons (Fsp3) is 0.276. The number of anilines is 3. The third-order valence-electron chi connectivity index (χ3n) is 6.55. The molecule has 5 rings (SSSR count). The summed E-state index contributed by atoms with van der Waals surface area (Å²) in [6, 6.07) is 17.8. The number of aryl methyl sites for hydroxylation is 2. The van der Waals surface area contributed by atoms with Crippen LogP contribution < -0.4 is 20.9 Å². The third kappa shape index (κ3) is 5.70. The number of amides is 1. The third-order valence-corrected chi connectivity index (χ3v) is 6.55. The molecule has 4 aromatic rings. The summed E-state index contributed by atoms with van der Waals surface area (Å²) in [5.41, 5.74) is 5.39. The summed E-state index contributed by atoms with van der Waals surface area (Å²) in [4.78, 5) is 24.5. The average Bonchev–Trinajstić information content (AvgIpc) is 2.88. The van der Waals surface area contributed by atoms with E-state index >= 15 is 0 Å². The van der Waals surface area contributed by atoms with Crippen LogP contribution in [0.4, 0.5) is 21.8 Å². The second-order valence-electron chi connectivity index (χ2n) is 9.66. The molecular weight excluding hydrogens is 467 g/mol. The molecule has 3 aromatic carbocycles. The predicted molar refractivity (Wildman–Crippen MR) is 147 cm³/mol. The molecule has 0 aliphatic carbocycles. The Balaban J connectivity index is 1.34. The predicted octanol–water partition coefficient (Wildman–Crippen LogP) is 5.05. The number of fused-ring (bicyclic) bond motifs is 1. The second kappa shape index (κ2) is 10.5. The average molecular weight is 499 g/mol. The number of nitrogens with one attached hydrogen (secondary N) is 3. The quantitative estimate of drug-likeness (QED) is 0.345. The summed E-state index contributed by atoms with van der Waals surface area (Å²) < 4.78 is 13.1. The zero-order valence-corrected chi connectivity index (χ0v) is 21.3. The Morgan fingerprint density at radius 1 is 1.08 bits per heavy atom. The van der Waals surface area contributed by atoms with Crippen LogP contribution in [0, 0.1) is 19.7 Å². The number of hydrogen-bond acceptors (Lipinski definition) is 6. The molecular formula is C29H31FN6O. The van der Waals surface area contributed by atoms with E-state index in [2.05, 4.69) is 53.8 Å². The Morgan fingerprint density at radius 3 is 2.57 bits per heavy atom. The van der Waals surface area contributed by atoms with Gasteiger partial charge in [-0.25, -0.2) is 9.37 Å². The van der Waals surface area contributed by atoms with Crippen LogP contribution in [0.15, 0.2) is 60.7 Å². The molecule has 3 N–H and O–H groups in total. The minimum absolute atomic E-state index is 0.279. The molecule has 37 heavy (non-hydrogen) atoms. The normalized spacial score (nSPS) is 15.6. The number of hydrogen-bond donors (Lipinski definition) is 3. The number of rotatable bonds is 6. The van der Waals surface area contributed by atoms with Gasteiger partial charge in [-0.15, -0.1) is 0 Å². The number of benzene rings is 3. The van der Waals surface area contributed by atoms with Crippen LogP contribution in [-0.4, -0.2) is 41.6 Å². The van der Waals surface area contributed by atoms with E-state index in [0.717, 1.165) is 53.4 Å². The Labute approximate surface area is 216 Å². The smallest absolute Gasteiger partial charge is 0.255 e. The van der Waals surface area contributed by atoms with Gasteiger partial charge in [-0.3, -0.25) is 4.79 Å². The fourth-order valence-electron chi connectivity index (χ4n) is 4.66. The number of nitrogens with zero attached hydrogens (tertiary/aromatic N) is 3. The summed E-state index contributed by atoms with van der Waals surface area (Å²) in [6.07, 6.45) is 0. The number of halogens is 1. The van der Waals surface area contributed by atoms with Crippen LogP contribution >= 0.6 is 0 Å². The molecule has 1 aromatic heterocycles. The first kappa shape index (κ1) is 24.6. The van der Waals surface area contributed by atoms with E-state index in [9.17, 15) is 9.18 Å². The first-order valence-electron chi connectivity index (χ1n) is 12.5. The number of carbonyl (C=O) groups is 1. The lowest BCUT2D eigenvalue weighted by atomic mass is 10.1. The molecule has 0 unspecified atom stereocenters. The van der Waals surface area contributed by atoms with E-state index in [1.807, 2.05) is 24.3 Å². The van der Waals surface area contributed by atoms with Gasteiger partial charge in [0.15, 0.2) is 0 Å². The summed E-state index contributed by atoms with van der Waals surface area (Å²) in [5.74, 6) is 0.907.